The zero-order valence-corrected chi connectivity index (χ0v) is 11.6. The van der Waals surface area contributed by atoms with Gasteiger partial charge in [0.15, 0.2) is 0 Å². The maximum absolute atomic E-state index is 11.2. The van der Waals surface area contributed by atoms with Crippen LogP contribution in [0.1, 0.15) is 30.9 Å². The second-order valence-electron chi connectivity index (χ2n) is 5.68. The van der Waals surface area contributed by atoms with Crippen molar-refractivity contribution in [3.8, 4) is 0 Å². The lowest BCUT2D eigenvalue weighted by Crippen LogP contribution is -2.51. The van der Waals surface area contributed by atoms with E-state index in [1.807, 2.05) is 0 Å². The van der Waals surface area contributed by atoms with E-state index in [1.165, 1.54) is 11.1 Å². The number of amides is 1. The van der Waals surface area contributed by atoms with Gasteiger partial charge in [-0.2, -0.15) is 0 Å². The lowest BCUT2D eigenvalue weighted by molar-refractivity contribution is -0.122. The standard InChI is InChI=1S/C15H23N3O/c1-15(17,14(16)19)8-10-18-9-4-7-12-5-2-3-6-13(12)11-18/h2-3,5-6H,4,7-11,17H2,1H3,(H2,16,19). The first-order valence-electron chi connectivity index (χ1n) is 6.87. The Hall–Kier alpha value is -1.39. The van der Waals surface area contributed by atoms with Crippen LogP contribution in [0.2, 0.25) is 0 Å². The summed E-state index contributed by atoms with van der Waals surface area (Å²) in [6.07, 6.45) is 2.88. The molecule has 0 spiro atoms. The minimum Gasteiger partial charge on any atom is -0.368 e. The van der Waals surface area contributed by atoms with Crippen LogP contribution in [0.3, 0.4) is 0 Å². The van der Waals surface area contributed by atoms with Gasteiger partial charge in [-0.1, -0.05) is 24.3 Å². The molecule has 19 heavy (non-hydrogen) atoms. The monoisotopic (exact) mass is 261 g/mol. The quantitative estimate of drug-likeness (QED) is 0.850. The van der Waals surface area contributed by atoms with Crippen LogP contribution in [-0.4, -0.2) is 29.4 Å². The summed E-state index contributed by atoms with van der Waals surface area (Å²) in [7, 11) is 0. The third-order valence-electron chi connectivity index (χ3n) is 3.94. The third-order valence-corrected chi connectivity index (χ3v) is 3.94. The molecule has 4 N–H and O–H groups in total. The number of aryl methyl sites for hydroxylation is 1. The number of primary amides is 1. The van der Waals surface area contributed by atoms with Gasteiger partial charge in [-0.15, -0.1) is 0 Å². The van der Waals surface area contributed by atoms with Gasteiger partial charge in [-0.25, -0.2) is 0 Å². The lowest BCUT2D eigenvalue weighted by atomic mass is 9.98. The average molecular weight is 261 g/mol. The SMILES string of the molecule is CC(N)(CCN1CCCc2ccccc2C1)C(N)=O. The van der Waals surface area contributed by atoms with Crippen molar-refractivity contribution in [3.63, 3.8) is 0 Å². The molecule has 1 aliphatic rings. The van der Waals surface area contributed by atoms with E-state index in [2.05, 4.69) is 29.2 Å². The van der Waals surface area contributed by atoms with Crippen LogP contribution in [0, 0.1) is 0 Å². The summed E-state index contributed by atoms with van der Waals surface area (Å²) in [4.78, 5) is 13.6. The number of benzene rings is 1. The zero-order chi connectivity index (χ0) is 13.9. The molecular weight excluding hydrogens is 238 g/mol. The van der Waals surface area contributed by atoms with Gasteiger partial charge >= 0.3 is 0 Å². The van der Waals surface area contributed by atoms with Crippen molar-refractivity contribution >= 4 is 5.91 Å². The van der Waals surface area contributed by atoms with Crippen molar-refractivity contribution in [2.75, 3.05) is 13.1 Å². The van der Waals surface area contributed by atoms with E-state index < -0.39 is 11.4 Å². The summed E-state index contributed by atoms with van der Waals surface area (Å²) in [6.45, 7) is 4.50. The first kappa shape index (κ1) is 14.0. The number of carbonyl (C=O) groups is 1. The highest BCUT2D eigenvalue weighted by molar-refractivity contribution is 5.83. The fraction of sp³-hybridized carbons (Fsp3) is 0.533. The molecule has 0 fully saturated rings. The second-order valence-corrected chi connectivity index (χ2v) is 5.68. The van der Waals surface area contributed by atoms with Crippen molar-refractivity contribution in [3.05, 3.63) is 35.4 Å². The van der Waals surface area contributed by atoms with E-state index >= 15 is 0 Å². The smallest absolute Gasteiger partial charge is 0.237 e. The Morgan fingerprint density at radius 2 is 2.05 bits per heavy atom. The molecule has 0 radical (unpaired) electrons. The Bertz CT molecular complexity index is 456. The van der Waals surface area contributed by atoms with Gasteiger partial charge in [-0.05, 0) is 43.9 Å². The Balaban J connectivity index is 1.98. The van der Waals surface area contributed by atoms with Crippen LogP contribution in [0.15, 0.2) is 24.3 Å². The van der Waals surface area contributed by atoms with Gasteiger partial charge in [0.25, 0.3) is 0 Å². The number of nitrogens with zero attached hydrogens (tertiary/aromatic N) is 1. The fourth-order valence-electron chi connectivity index (χ4n) is 2.47. The van der Waals surface area contributed by atoms with Crippen molar-refractivity contribution in [1.29, 1.82) is 0 Å². The molecule has 0 saturated heterocycles. The van der Waals surface area contributed by atoms with Crippen LogP contribution >= 0.6 is 0 Å². The maximum Gasteiger partial charge on any atom is 0.237 e. The van der Waals surface area contributed by atoms with Gasteiger partial charge in [-0.3, -0.25) is 9.69 Å². The molecule has 1 amide bonds. The van der Waals surface area contributed by atoms with Gasteiger partial charge in [0, 0.05) is 13.1 Å². The van der Waals surface area contributed by atoms with E-state index in [4.69, 9.17) is 11.5 Å². The summed E-state index contributed by atoms with van der Waals surface area (Å²) >= 11 is 0. The largest absolute Gasteiger partial charge is 0.368 e. The van der Waals surface area contributed by atoms with Crippen molar-refractivity contribution < 1.29 is 4.79 Å². The van der Waals surface area contributed by atoms with E-state index in [-0.39, 0.29) is 0 Å². The summed E-state index contributed by atoms with van der Waals surface area (Å²) in [6, 6.07) is 8.57. The molecule has 4 heteroatoms. The summed E-state index contributed by atoms with van der Waals surface area (Å²) in [5.41, 5.74) is 13.1. The molecule has 1 unspecified atom stereocenters. The van der Waals surface area contributed by atoms with E-state index in [0.717, 1.165) is 32.5 Å². The van der Waals surface area contributed by atoms with Crippen LogP contribution < -0.4 is 11.5 Å². The molecule has 1 aliphatic heterocycles. The molecule has 1 aromatic carbocycles. The summed E-state index contributed by atoms with van der Waals surface area (Å²) in [5, 5.41) is 0. The number of rotatable bonds is 4. The lowest BCUT2D eigenvalue weighted by Gasteiger charge is -2.26. The fourth-order valence-corrected chi connectivity index (χ4v) is 2.47. The van der Waals surface area contributed by atoms with Crippen LogP contribution in [-0.2, 0) is 17.8 Å². The Labute approximate surface area is 114 Å². The number of carbonyl (C=O) groups excluding carboxylic acids is 1. The van der Waals surface area contributed by atoms with Crippen molar-refractivity contribution in [1.82, 2.24) is 4.90 Å². The Morgan fingerprint density at radius 1 is 1.37 bits per heavy atom. The molecule has 1 aromatic rings. The second kappa shape index (κ2) is 5.72. The normalized spacial score (nSPS) is 19.3. The average Bonchev–Trinajstić information content (AvgIpc) is 2.58. The molecule has 0 aliphatic carbocycles. The minimum atomic E-state index is -0.911. The molecular formula is C15H23N3O. The van der Waals surface area contributed by atoms with E-state index in [1.54, 1.807) is 6.92 Å². The molecule has 1 heterocycles. The minimum absolute atomic E-state index is 0.428. The van der Waals surface area contributed by atoms with Crippen LogP contribution in [0.4, 0.5) is 0 Å². The number of hydrogen-bond donors (Lipinski definition) is 2. The van der Waals surface area contributed by atoms with Gasteiger partial charge in [0.2, 0.25) is 5.91 Å². The molecule has 2 rings (SSSR count). The first-order valence-corrected chi connectivity index (χ1v) is 6.87. The zero-order valence-electron chi connectivity index (χ0n) is 11.6. The van der Waals surface area contributed by atoms with Crippen molar-refractivity contribution in [2.24, 2.45) is 11.5 Å². The molecule has 0 bridgehead atoms. The summed E-state index contributed by atoms with van der Waals surface area (Å²) < 4.78 is 0. The molecule has 104 valence electrons. The molecule has 4 nitrogen and oxygen atoms in total. The number of hydrogen-bond acceptors (Lipinski definition) is 3. The highest BCUT2D eigenvalue weighted by Gasteiger charge is 2.26. The highest BCUT2D eigenvalue weighted by atomic mass is 16.1. The number of fused-ring (bicyclic) bond motifs is 1. The molecule has 0 saturated carbocycles. The third kappa shape index (κ3) is 3.55. The van der Waals surface area contributed by atoms with E-state index in [0.29, 0.717) is 6.42 Å². The van der Waals surface area contributed by atoms with Gasteiger partial charge < -0.3 is 11.5 Å². The van der Waals surface area contributed by atoms with Crippen LogP contribution in [0.25, 0.3) is 0 Å². The van der Waals surface area contributed by atoms with Crippen molar-refractivity contribution in [2.45, 2.75) is 38.3 Å². The van der Waals surface area contributed by atoms with Gasteiger partial charge in [0.1, 0.15) is 0 Å². The van der Waals surface area contributed by atoms with E-state index in [9.17, 15) is 4.79 Å². The van der Waals surface area contributed by atoms with Crippen LogP contribution in [0.5, 0.6) is 0 Å². The van der Waals surface area contributed by atoms with Gasteiger partial charge in [0.05, 0.1) is 5.54 Å². The Morgan fingerprint density at radius 3 is 2.74 bits per heavy atom. The Kier molecular flexibility index (Phi) is 4.22. The molecule has 0 aromatic heterocycles. The highest BCUT2D eigenvalue weighted by Crippen LogP contribution is 2.19. The topological polar surface area (TPSA) is 72.3 Å². The maximum atomic E-state index is 11.2. The first-order chi connectivity index (χ1) is 8.99. The molecule has 1 atom stereocenters. The number of nitrogens with two attached hydrogens (primary N) is 2. The predicted octanol–water partition coefficient (Wildman–Crippen LogP) is 1.03. The predicted molar refractivity (Wildman–Crippen MR) is 76.4 cm³/mol. The summed E-state index contributed by atoms with van der Waals surface area (Å²) in [5.74, 6) is -0.428.